The van der Waals surface area contributed by atoms with Gasteiger partial charge in [0.15, 0.2) is 0 Å². The molecule has 1 unspecified atom stereocenters. The highest BCUT2D eigenvalue weighted by molar-refractivity contribution is 5.29. The molecule has 0 saturated carbocycles. The van der Waals surface area contributed by atoms with E-state index < -0.39 is 0 Å². The van der Waals surface area contributed by atoms with E-state index in [0.717, 1.165) is 31.7 Å². The Bertz CT molecular complexity index is 369. The van der Waals surface area contributed by atoms with Crippen LogP contribution in [0, 0.1) is 0 Å². The third-order valence-electron chi connectivity index (χ3n) is 3.05. The lowest BCUT2D eigenvalue weighted by molar-refractivity contribution is 0.309. The molecule has 0 aliphatic carbocycles. The molecule has 0 heterocycles. The van der Waals surface area contributed by atoms with Crippen LogP contribution >= 0.6 is 0 Å². The van der Waals surface area contributed by atoms with Crippen molar-refractivity contribution >= 4 is 0 Å². The van der Waals surface area contributed by atoms with Crippen LogP contribution in [0.1, 0.15) is 51.6 Å². The summed E-state index contributed by atoms with van der Waals surface area (Å²) in [5, 5.41) is 3.50. The van der Waals surface area contributed by atoms with E-state index in [-0.39, 0.29) is 0 Å². The topological polar surface area (TPSA) is 21.3 Å². The summed E-state index contributed by atoms with van der Waals surface area (Å²) in [7, 11) is 0. The maximum absolute atomic E-state index is 5.68. The van der Waals surface area contributed by atoms with Gasteiger partial charge in [-0.2, -0.15) is 0 Å². The minimum atomic E-state index is 0.354. The molecule has 106 valence electrons. The Morgan fingerprint density at radius 2 is 1.95 bits per heavy atom. The van der Waals surface area contributed by atoms with Crippen LogP contribution in [0.25, 0.3) is 0 Å². The fraction of sp³-hybridized carbons (Fsp3) is 0.529. The summed E-state index contributed by atoms with van der Waals surface area (Å²) in [5.41, 5.74) is 2.50. The van der Waals surface area contributed by atoms with Crippen LogP contribution in [0.15, 0.2) is 36.4 Å². The molecule has 1 aromatic carbocycles. The zero-order valence-electron chi connectivity index (χ0n) is 12.5. The summed E-state index contributed by atoms with van der Waals surface area (Å²) in [4.78, 5) is 0. The van der Waals surface area contributed by atoms with Crippen LogP contribution in [0.3, 0.4) is 0 Å². The molecule has 0 aliphatic heterocycles. The Hall–Kier alpha value is -1.28. The van der Waals surface area contributed by atoms with Crippen LogP contribution in [-0.2, 0) is 0 Å². The van der Waals surface area contributed by atoms with Gasteiger partial charge >= 0.3 is 0 Å². The number of unbranched alkanes of at least 4 members (excludes halogenated alkanes) is 1. The third-order valence-corrected chi connectivity index (χ3v) is 3.05. The molecule has 0 aliphatic rings. The highest BCUT2D eigenvalue weighted by atomic mass is 16.5. The van der Waals surface area contributed by atoms with Gasteiger partial charge in [0.25, 0.3) is 0 Å². The van der Waals surface area contributed by atoms with E-state index in [1.807, 2.05) is 0 Å². The molecule has 1 aromatic rings. The number of ether oxygens (including phenoxy) is 1. The largest absolute Gasteiger partial charge is 0.494 e. The quantitative estimate of drug-likeness (QED) is 0.522. The first-order chi connectivity index (χ1) is 9.17. The van der Waals surface area contributed by atoms with Crippen LogP contribution in [0.2, 0.25) is 0 Å². The molecule has 2 nitrogen and oxygen atoms in total. The van der Waals surface area contributed by atoms with E-state index in [2.05, 4.69) is 56.9 Å². The highest BCUT2D eigenvalue weighted by Gasteiger charge is 2.10. The summed E-state index contributed by atoms with van der Waals surface area (Å²) in [6, 6.07) is 8.78. The SMILES string of the molecule is C=C(C)CC(NCC)c1ccc(OCCCC)cc1. The Kier molecular flexibility index (Phi) is 7.27. The third kappa shape index (κ3) is 5.93. The van der Waals surface area contributed by atoms with Gasteiger partial charge in [-0.25, -0.2) is 0 Å². The average molecular weight is 261 g/mol. The van der Waals surface area contributed by atoms with Gasteiger partial charge in [-0.05, 0) is 44.0 Å². The molecule has 0 aromatic heterocycles. The predicted molar refractivity (Wildman–Crippen MR) is 82.7 cm³/mol. The second-order valence-corrected chi connectivity index (χ2v) is 5.04. The van der Waals surface area contributed by atoms with Gasteiger partial charge in [0.05, 0.1) is 6.61 Å². The molecule has 0 fully saturated rings. The molecule has 0 bridgehead atoms. The molecule has 2 heteroatoms. The van der Waals surface area contributed by atoms with Crippen LogP contribution in [0.4, 0.5) is 0 Å². The predicted octanol–water partition coefficient (Wildman–Crippen LogP) is 4.48. The maximum Gasteiger partial charge on any atom is 0.119 e. The summed E-state index contributed by atoms with van der Waals surface area (Å²) in [6.45, 7) is 12.2. The molecule has 1 rings (SSSR count). The minimum absolute atomic E-state index is 0.354. The van der Waals surface area contributed by atoms with E-state index >= 15 is 0 Å². The van der Waals surface area contributed by atoms with Crippen molar-refractivity contribution in [2.75, 3.05) is 13.2 Å². The standard InChI is InChI=1S/C17H27NO/c1-5-7-12-19-16-10-8-15(9-11-16)17(18-6-2)13-14(3)4/h8-11,17-18H,3,5-7,12-13H2,1-2,4H3. The zero-order valence-corrected chi connectivity index (χ0v) is 12.5. The minimum Gasteiger partial charge on any atom is -0.494 e. The molecular weight excluding hydrogens is 234 g/mol. The van der Waals surface area contributed by atoms with Crippen molar-refractivity contribution in [3.63, 3.8) is 0 Å². The highest BCUT2D eigenvalue weighted by Crippen LogP contribution is 2.22. The Morgan fingerprint density at radius 3 is 2.47 bits per heavy atom. The monoisotopic (exact) mass is 261 g/mol. The van der Waals surface area contributed by atoms with Crippen molar-refractivity contribution in [3.8, 4) is 5.75 Å². The summed E-state index contributed by atoms with van der Waals surface area (Å²) >= 11 is 0. The Morgan fingerprint density at radius 1 is 1.26 bits per heavy atom. The lowest BCUT2D eigenvalue weighted by Gasteiger charge is -2.19. The van der Waals surface area contributed by atoms with Gasteiger partial charge in [-0.3, -0.25) is 0 Å². The summed E-state index contributed by atoms with van der Waals surface area (Å²) in [6.07, 6.45) is 3.25. The van der Waals surface area contributed by atoms with E-state index in [0.29, 0.717) is 6.04 Å². The first-order valence-electron chi connectivity index (χ1n) is 7.27. The molecule has 0 radical (unpaired) electrons. The van der Waals surface area contributed by atoms with Crippen molar-refractivity contribution in [3.05, 3.63) is 42.0 Å². The van der Waals surface area contributed by atoms with Crippen molar-refractivity contribution in [1.29, 1.82) is 0 Å². The number of nitrogens with one attached hydrogen (secondary N) is 1. The average Bonchev–Trinajstić information content (AvgIpc) is 2.39. The first kappa shape index (κ1) is 15.8. The lowest BCUT2D eigenvalue weighted by Crippen LogP contribution is -2.21. The Labute approximate surface area is 117 Å². The Balaban J connectivity index is 2.63. The second-order valence-electron chi connectivity index (χ2n) is 5.04. The zero-order chi connectivity index (χ0) is 14.1. The lowest BCUT2D eigenvalue weighted by atomic mass is 10.0. The van der Waals surface area contributed by atoms with E-state index in [1.165, 1.54) is 17.6 Å². The number of benzene rings is 1. The normalized spacial score (nSPS) is 12.2. The first-order valence-corrected chi connectivity index (χ1v) is 7.27. The van der Waals surface area contributed by atoms with Crippen LogP contribution in [0.5, 0.6) is 5.75 Å². The molecule has 0 spiro atoms. The van der Waals surface area contributed by atoms with Gasteiger partial charge < -0.3 is 10.1 Å². The fourth-order valence-corrected chi connectivity index (χ4v) is 2.03. The maximum atomic E-state index is 5.68. The van der Waals surface area contributed by atoms with Gasteiger partial charge in [0, 0.05) is 6.04 Å². The summed E-state index contributed by atoms with van der Waals surface area (Å²) in [5.74, 6) is 0.961. The van der Waals surface area contributed by atoms with E-state index in [9.17, 15) is 0 Å². The molecule has 19 heavy (non-hydrogen) atoms. The van der Waals surface area contributed by atoms with Crippen LogP contribution in [-0.4, -0.2) is 13.2 Å². The van der Waals surface area contributed by atoms with Gasteiger partial charge in [0.1, 0.15) is 5.75 Å². The van der Waals surface area contributed by atoms with Gasteiger partial charge in [0.2, 0.25) is 0 Å². The van der Waals surface area contributed by atoms with Gasteiger partial charge in [-0.1, -0.05) is 38.0 Å². The van der Waals surface area contributed by atoms with E-state index in [4.69, 9.17) is 4.74 Å². The van der Waals surface area contributed by atoms with Crippen molar-refractivity contribution in [2.24, 2.45) is 0 Å². The fourth-order valence-electron chi connectivity index (χ4n) is 2.03. The molecule has 1 atom stereocenters. The van der Waals surface area contributed by atoms with E-state index in [1.54, 1.807) is 0 Å². The summed E-state index contributed by atoms with van der Waals surface area (Å²) < 4.78 is 5.68. The smallest absolute Gasteiger partial charge is 0.119 e. The molecule has 1 N–H and O–H groups in total. The molecular formula is C17H27NO. The van der Waals surface area contributed by atoms with Crippen molar-refractivity contribution in [2.45, 2.75) is 46.1 Å². The molecule has 0 saturated heterocycles. The number of hydrogen-bond donors (Lipinski definition) is 1. The van der Waals surface area contributed by atoms with Gasteiger partial charge in [-0.15, -0.1) is 6.58 Å². The van der Waals surface area contributed by atoms with Crippen LogP contribution < -0.4 is 10.1 Å². The number of rotatable bonds is 9. The molecule has 0 amide bonds. The second kappa shape index (κ2) is 8.76. The number of hydrogen-bond acceptors (Lipinski definition) is 2. The van der Waals surface area contributed by atoms with Crippen molar-refractivity contribution in [1.82, 2.24) is 5.32 Å². The van der Waals surface area contributed by atoms with Crippen molar-refractivity contribution < 1.29 is 4.74 Å².